The summed E-state index contributed by atoms with van der Waals surface area (Å²) < 4.78 is 13.3. The maximum absolute atomic E-state index is 13.3. The molecule has 2 atom stereocenters. The predicted molar refractivity (Wildman–Crippen MR) is 78.7 cm³/mol. The summed E-state index contributed by atoms with van der Waals surface area (Å²) in [7, 11) is 2.03. The van der Waals surface area contributed by atoms with Crippen LogP contribution in [0.5, 0.6) is 0 Å². The SMILES string of the molecule is CC(c1cccs1)N(C)C(CN)c1cccc(F)c1. The Morgan fingerprint density at radius 1 is 1.32 bits per heavy atom. The lowest BCUT2D eigenvalue weighted by Gasteiger charge is -2.32. The quantitative estimate of drug-likeness (QED) is 0.905. The van der Waals surface area contributed by atoms with E-state index in [4.69, 9.17) is 5.73 Å². The van der Waals surface area contributed by atoms with Crippen molar-refractivity contribution >= 4 is 11.3 Å². The second-order valence-corrected chi connectivity index (χ2v) is 5.64. The summed E-state index contributed by atoms with van der Waals surface area (Å²) in [5, 5.41) is 2.07. The summed E-state index contributed by atoms with van der Waals surface area (Å²) in [6, 6.07) is 11.1. The molecule has 2 rings (SSSR count). The molecule has 1 heterocycles. The van der Waals surface area contributed by atoms with Gasteiger partial charge in [-0.2, -0.15) is 0 Å². The van der Waals surface area contributed by atoms with E-state index in [0.29, 0.717) is 6.54 Å². The molecular weight excluding hydrogens is 259 g/mol. The fourth-order valence-corrected chi connectivity index (χ4v) is 3.09. The molecule has 0 spiro atoms. The Balaban J connectivity index is 2.22. The molecule has 0 saturated heterocycles. The monoisotopic (exact) mass is 278 g/mol. The first kappa shape index (κ1) is 14.2. The molecule has 0 fully saturated rings. The third-order valence-electron chi connectivity index (χ3n) is 3.51. The van der Waals surface area contributed by atoms with Crippen LogP contribution in [0, 0.1) is 5.82 Å². The molecule has 0 amide bonds. The number of likely N-dealkylation sites (N-methyl/N-ethyl adjacent to an activating group) is 1. The number of hydrogen-bond acceptors (Lipinski definition) is 3. The zero-order valence-corrected chi connectivity index (χ0v) is 12.0. The molecule has 0 bridgehead atoms. The molecule has 1 aromatic carbocycles. The highest BCUT2D eigenvalue weighted by atomic mass is 32.1. The Bertz CT molecular complexity index is 513. The third kappa shape index (κ3) is 3.21. The number of hydrogen-bond donors (Lipinski definition) is 1. The molecule has 19 heavy (non-hydrogen) atoms. The lowest BCUT2D eigenvalue weighted by molar-refractivity contribution is 0.192. The van der Waals surface area contributed by atoms with Crippen LogP contribution in [0.15, 0.2) is 41.8 Å². The highest BCUT2D eigenvalue weighted by Gasteiger charge is 2.22. The van der Waals surface area contributed by atoms with Crippen molar-refractivity contribution in [2.75, 3.05) is 13.6 Å². The van der Waals surface area contributed by atoms with Gasteiger partial charge in [0.2, 0.25) is 0 Å². The Kier molecular flexibility index (Phi) is 4.69. The molecule has 0 aliphatic heterocycles. The van der Waals surface area contributed by atoms with Crippen molar-refractivity contribution in [3.8, 4) is 0 Å². The van der Waals surface area contributed by atoms with Gasteiger partial charge in [0, 0.05) is 23.5 Å². The Labute approximate surface area is 117 Å². The van der Waals surface area contributed by atoms with Crippen LogP contribution < -0.4 is 5.73 Å². The van der Waals surface area contributed by atoms with Gasteiger partial charge in [-0.25, -0.2) is 4.39 Å². The van der Waals surface area contributed by atoms with Crippen molar-refractivity contribution in [3.05, 3.63) is 58.0 Å². The molecule has 2 nitrogen and oxygen atoms in total. The molecule has 2 aromatic rings. The third-order valence-corrected chi connectivity index (χ3v) is 4.56. The normalized spacial score (nSPS) is 14.6. The summed E-state index contributed by atoms with van der Waals surface area (Å²) in [6.07, 6.45) is 0. The van der Waals surface area contributed by atoms with Gasteiger partial charge in [0.05, 0.1) is 0 Å². The molecule has 102 valence electrons. The van der Waals surface area contributed by atoms with Gasteiger partial charge in [0.1, 0.15) is 5.82 Å². The van der Waals surface area contributed by atoms with Crippen molar-refractivity contribution in [3.63, 3.8) is 0 Å². The molecule has 2 N–H and O–H groups in total. The van der Waals surface area contributed by atoms with Crippen LogP contribution in [0.2, 0.25) is 0 Å². The van der Waals surface area contributed by atoms with Gasteiger partial charge in [0.15, 0.2) is 0 Å². The number of halogens is 1. The van der Waals surface area contributed by atoms with Gasteiger partial charge < -0.3 is 5.73 Å². The summed E-state index contributed by atoms with van der Waals surface area (Å²) >= 11 is 1.73. The van der Waals surface area contributed by atoms with Crippen molar-refractivity contribution < 1.29 is 4.39 Å². The highest BCUT2D eigenvalue weighted by Crippen LogP contribution is 2.30. The van der Waals surface area contributed by atoms with Crippen LogP contribution in [0.25, 0.3) is 0 Å². The predicted octanol–water partition coefficient (Wildman–Crippen LogP) is 3.58. The van der Waals surface area contributed by atoms with E-state index in [-0.39, 0.29) is 17.9 Å². The minimum atomic E-state index is -0.215. The number of rotatable bonds is 5. The first-order chi connectivity index (χ1) is 9.13. The standard InChI is InChI=1S/C15H19FN2S/c1-11(15-7-4-8-19-15)18(2)14(10-17)12-5-3-6-13(16)9-12/h3-9,11,14H,10,17H2,1-2H3. The number of thiophene rings is 1. The van der Waals surface area contributed by atoms with Crippen molar-refractivity contribution in [1.82, 2.24) is 4.90 Å². The largest absolute Gasteiger partial charge is 0.329 e. The first-order valence-electron chi connectivity index (χ1n) is 6.34. The van der Waals surface area contributed by atoms with Gasteiger partial charge in [-0.3, -0.25) is 4.90 Å². The molecule has 4 heteroatoms. The summed E-state index contributed by atoms with van der Waals surface area (Å²) in [5.74, 6) is -0.215. The second-order valence-electron chi connectivity index (χ2n) is 4.66. The lowest BCUT2D eigenvalue weighted by Crippen LogP contribution is -2.32. The fraction of sp³-hybridized carbons (Fsp3) is 0.333. The maximum Gasteiger partial charge on any atom is 0.123 e. The molecule has 1 aromatic heterocycles. The van der Waals surface area contributed by atoms with Gasteiger partial charge in [-0.1, -0.05) is 18.2 Å². The van der Waals surface area contributed by atoms with Crippen LogP contribution in [0.3, 0.4) is 0 Å². The van der Waals surface area contributed by atoms with Crippen LogP contribution in [-0.4, -0.2) is 18.5 Å². The van der Waals surface area contributed by atoms with E-state index in [1.165, 1.54) is 10.9 Å². The number of benzene rings is 1. The minimum Gasteiger partial charge on any atom is -0.329 e. The zero-order valence-electron chi connectivity index (χ0n) is 11.2. The van der Waals surface area contributed by atoms with Crippen LogP contribution in [0.1, 0.15) is 29.4 Å². The van der Waals surface area contributed by atoms with Crippen LogP contribution >= 0.6 is 11.3 Å². The van der Waals surface area contributed by atoms with E-state index in [1.54, 1.807) is 23.5 Å². The van der Waals surface area contributed by atoms with Crippen molar-refractivity contribution in [2.24, 2.45) is 5.73 Å². The summed E-state index contributed by atoms with van der Waals surface area (Å²) in [5.41, 5.74) is 6.81. The van der Waals surface area contributed by atoms with Crippen LogP contribution in [-0.2, 0) is 0 Å². The van der Waals surface area contributed by atoms with Crippen molar-refractivity contribution in [1.29, 1.82) is 0 Å². The molecular formula is C15H19FN2S. The summed E-state index contributed by atoms with van der Waals surface area (Å²) in [4.78, 5) is 3.48. The van der Waals surface area contributed by atoms with E-state index in [1.807, 2.05) is 19.2 Å². The Morgan fingerprint density at radius 3 is 2.68 bits per heavy atom. The maximum atomic E-state index is 13.3. The van der Waals surface area contributed by atoms with E-state index >= 15 is 0 Å². The summed E-state index contributed by atoms with van der Waals surface area (Å²) in [6.45, 7) is 2.61. The molecule has 0 aliphatic carbocycles. The topological polar surface area (TPSA) is 29.3 Å². The molecule has 0 aliphatic rings. The van der Waals surface area contributed by atoms with Gasteiger partial charge >= 0.3 is 0 Å². The first-order valence-corrected chi connectivity index (χ1v) is 7.22. The van der Waals surface area contributed by atoms with E-state index in [9.17, 15) is 4.39 Å². The van der Waals surface area contributed by atoms with Gasteiger partial charge in [-0.15, -0.1) is 11.3 Å². The van der Waals surface area contributed by atoms with E-state index in [2.05, 4.69) is 23.3 Å². The van der Waals surface area contributed by atoms with Gasteiger partial charge in [-0.05, 0) is 43.1 Å². The molecule has 2 unspecified atom stereocenters. The van der Waals surface area contributed by atoms with Crippen molar-refractivity contribution in [2.45, 2.75) is 19.0 Å². The van der Waals surface area contributed by atoms with E-state index in [0.717, 1.165) is 5.56 Å². The number of nitrogens with two attached hydrogens (primary N) is 1. The van der Waals surface area contributed by atoms with Gasteiger partial charge in [0.25, 0.3) is 0 Å². The average Bonchev–Trinajstić information content (AvgIpc) is 2.92. The Hall–Kier alpha value is -1.23. The highest BCUT2D eigenvalue weighted by molar-refractivity contribution is 7.10. The average molecular weight is 278 g/mol. The molecule has 0 radical (unpaired) electrons. The van der Waals surface area contributed by atoms with E-state index < -0.39 is 0 Å². The fourth-order valence-electron chi connectivity index (χ4n) is 2.25. The van der Waals surface area contributed by atoms with Crippen LogP contribution in [0.4, 0.5) is 4.39 Å². The lowest BCUT2D eigenvalue weighted by atomic mass is 10.0. The Morgan fingerprint density at radius 2 is 2.11 bits per heavy atom. The minimum absolute atomic E-state index is 0.0211. The number of nitrogens with zero attached hydrogens (tertiary/aromatic N) is 1. The smallest absolute Gasteiger partial charge is 0.123 e. The zero-order chi connectivity index (χ0) is 13.8. The molecule has 0 saturated carbocycles. The second kappa shape index (κ2) is 6.28.